The molecule has 1 heterocycles. The van der Waals surface area contributed by atoms with Gasteiger partial charge in [0.2, 0.25) is 0 Å². The van der Waals surface area contributed by atoms with Crippen LogP contribution in [0.5, 0.6) is 5.75 Å². The van der Waals surface area contributed by atoms with Crippen LogP contribution in [-0.2, 0) is 11.3 Å². The van der Waals surface area contributed by atoms with Crippen molar-refractivity contribution in [1.29, 1.82) is 5.26 Å². The number of nitrogens with zero attached hydrogens (tertiary/aromatic N) is 3. The number of nitriles is 1. The zero-order valence-corrected chi connectivity index (χ0v) is 17.9. The van der Waals surface area contributed by atoms with Crippen LogP contribution in [0.25, 0.3) is 0 Å². The monoisotopic (exact) mass is 407 g/mol. The lowest BCUT2D eigenvalue weighted by atomic mass is 10.1. The highest BCUT2D eigenvalue weighted by molar-refractivity contribution is 5.68. The summed E-state index contributed by atoms with van der Waals surface area (Å²) in [5.74, 6) is 0.711. The maximum absolute atomic E-state index is 12.6. The minimum atomic E-state index is -0.521. The molecule has 0 aliphatic carbocycles. The summed E-state index contributed by atoms with van der Waals surface area (Å²) in [4.78, 5) is 16.7. The van der Waals surface area contributed by atoms with Gasteiger partial charge in [0.05, 0.1) is 17.7 Å². The van der Waals surface area contributed by atoms with E-state index in [0.29, 0.717) is 31.0 Å². The van der Waals surface area contributed by atoms with E-state index in [1.807, 2.05) is 39.0 Å². The highest BCUT2D eigenvalue weighted by Gasteiger charge is 2.32. The molecule has 0 unspecified atom stereocenters. The molecular formula is C24H29N3O3. The van der Waals surface area contributed by atoms with Crippen molar-refractivity contribution in [3.05, 3.63) is 65.7 Å². The van der Waals surface area contributed by atoms with E-state index in [1.54, 1.807) is 29.2 Å². The Kier molecular flexibility index (Phi) is 6.96. The molecule has 6 heteroatoms. The van der Waals surface area contributed by atoms with Crippen molar-refractivity contribution < 1.29 is 14.3 Å². The van der Waals surface area contributed by atoms with Crippen LogP contribution in [0.15, 0.2) is 54.6 Å². The van der Waals surface area contributed by atoms with Crippen LogP contribution in [0.3, 0.4) is 0 Å². The maximum atomic E-state index is 12.6. The van der Waals surface area contributed by atoms with Crippen molar-refractivity contribution in [3.8, 4) is 11.8 Å². The number of piperazine rings is 1. The quantitative estimate of drug-likeness (QED) is 0.748. The van der Waals surface area contributed by atoms with E-state index < -0.39 is 5.60 Å². The Labute approximate surface area is 178 Å². The summed E-state index contributed by atoms with van der Waals surface area (Å²) < 4.78 is 11.6. The van der Waals surface area contributed by atoms with Crippen LogP contribution in [0.2, 0.25) is 0 Å². The predicted molar refractivity (Wildman–Crippen MR) is 115 cm³/mol. The molecule has 0 spiro atoms. The fourth-order valence-corrected chi connectivity index (χ4v) is 3.39. The van der Waals surface area contributed by atoms with Gasteiger partial charge in [0.25, 0.3) is 0 Å². The van der Waals surface area contributed by atoms with Gasteiger partial charge >= 0.3 is 6.09 Å². The van der Waals surface area contributed by atoms with E-state index in [9.17, 15) is 4.79 Å². The van der Waals surface area contributed by atoms with E-state index in [0.717, 1.165) is 13.1 Å². The molecule has 1 atom stereocenters. The second-order valence-electron chi connectivity index (χ2n) is 8.48. The number of carbonyl (C=O) groups excluding carboxylic acids is 1. The number of ether oxygens (including phenoxy) is 2. The second kappa shape index (κ2) is 9.64. The molecule has 2 aromatic rings. The van der Waals surface area contributed by atoms with Crippen molar-refractivity contribution in [2.24, 2.45) is 0 Å². The topological polar surface area (TPSA) is 65.8 Å². The summed E-state index contributed by atoms with van der Waals surface area (Å²) in [5, 5.41) is 8.95. The molecule has 158 valence electrons. The minimum absolute atomic E-state index is 0.0297. The lowest BCUT2D eigenvalue weighted by Crippen LogP contribution is -2.57. The van der Waals surface area contributed by atoms with Gasteiger partial charge in [-0.1, -0.05) is 30.3 Å². The molecule has 0 radical (unpaired) electrons. The largest absolute Gasteiger partial charge is 0.492 e. The van der Waals surface area contributed by atoms with Crippen molar-refractivity contribution in [1.82, 2.24) is 9.80 Å². The molecule has 2 aromatic carbocycles. The van der Waals surface area contributed by atoms with Crippen LogP contribution >= 0.6 is 0 Å². The van der Waals surface area contributed by atoms with Crippen LogP contribution in [0.4, 0.5) is 4.79 Å². The summed E-state index contributed by atoms with van der Waals surface area (Å²) in [6.45, 7) is 8.78. The zero-order chi connectivity index (χ0) is 21.6. The van der Waals surface area contributed by atoms with E-state index in [2.05, 4.69) is 23.1 Å². The van der Waals surface area contributed by atoms with Crippen molar-refractivity contribution >= 4 is 6.09 Å². The lowest BCUT2D eigenvalue weighted by molar-refractivity contribution is -0.00422. The van der Waals surface area contributed by atoms with Gasteiger partial charge in [-0.05, 0) is 50.6 Å². The van der Waals surface area contributed by atoms with Crippen molar-refractivity contribution in [2.75, 3.05) is 26.2 Å². The molecule has 0 bridgehead atoms. The van der Waals surface area contributed by atoms with Gasteiger partial charge in [0.1, 0.15) is 18.0 Å². The van der Waals surface area contributed by atoms with Gasteiger partial charge < -0.3 is 14.4 Å². The van der Waals surface area contributed by atoms with Gasteiger partial charge in [-0.3, -0.25) is 4.90 Å². The second-order valence-corrected chi connectivity index (χ2v) is 8.48. The van der Waals surface area contributed by atoms with E-state index in [1.165, 1.54) is 5.56 Å². The van der Waals surface area contributed by atoms with Gasteiger partial charge in [-0.25, -0.2) is 4.79 Å². The fourth-order valence-electron chi connectivity index (χ4n) is 3.39. The maximum Gasteiger partial charge on any atom is 0.410 e. The van der Waals surface area contributed by atoms with Gasteiger partial charge in [-0.15, -0.1) is 0 Å². The number of carbonyl (C=O) groups is 1. The number of hydrogen-bond donors (Lipinski definition) is 0. The van der Waals surface area contributed by atoms with E-state index >= 15 is 0 Å². The fraction of sp³-hybridized carbons (Fsp3) is 0.417. The van der Waals surface area contributed by atoms with Crippen LogP contribution in [-0.4, -0.2) is 53.8 Å². The predicted octanol–water partition coefficient (Wildman–Crippen LogP) is 4.06. The molecule has 30 heavy (non-hydrogen) atoms. The van der Waals surface area contributed by atoms with E-state index in [-0.39, 0.29) is 12.1 Å². The van der Waals surface area contributed by atoms with Crippen molar-refractivity contribution in [2.45, 2.75) is 39.0 Å². The lowest BCUT2D eigenvalue weighted by Gasteiger charge is -2.41. The third-order valence-corrected chi connectivity index (χ3v) is 4.91. The molecule has 1 fully saturated rings. The SMILES string of the molecule is CC(C)(C)OC(=O)N1CCN(Cc2ccccc2)[C@H](COc2ccc(C#N)cc2)C1. The molecule has 3 rings (SSSR count). The van der Waals surface area contributed by atoms with Gasteiger partial charge in [-0.2, -0.15) is 5.26 Å². The Hall–Kier alpha value is -3.04. The Morgan fingerprint density at radius 1 is 1.10 bits per heavy atom. The first kappa shape index (κ1) is 21.7. The summed E-state index contributed by atoms with van der Waals surface area (Å²) in [6, 6.07) is 19.5. The summed E-state index contributed by atoms with van der Waals surface area (Å²) in [6.07, 6.45) is -0.287. The first-order valence-electron chi connectivity index (χ1n) is 10.2. The third-order valence-electron chi connectivity index (χ3n) is 4.91. The van der Waals surface area contributed by atoms with Gasteiger partial charge in [0.15, 0.2) is 0 Å². The van der Waals surface area contributed by atoms with Crippen LogP contribution in [0.1, 0.15) is 31.9 Å². The molecule has 1 aliphatic rings. The molecule has 1 amide bonds. The summed E-state index contributed by atoms with van der Waals surface area (Å²) in [5.41, 5.74) is 1.31. The Bertz CT molecular complexity index is 869. The Balaban J connectivity index is 1.68. The first-order valence-corrected chi connectivity index (χ1v) is 10.2. The number of rotatable bonds is 5. The highest BCUT2D eigenvalue weighted by atomic mass is 16.6. The molecular weight excluding hydrogens is 378 g/mol. The standard InChI is InChI=1S/C24H29N3O3/c1-24(2,3)30-23(28)27-14-13-26(16-20-7-5-4-6-8-20)21(17-27)18-29-22-11-9-19(15-25)10-12-22/h4-12,21H,13-14,16-18H2,1-3H3/t21-/m0/s1. The third kappa shape index (κ3) is 6.23. The number of benzene rings is 2. The average Bonchev–Trinajstić information content (AvgIpc) is 2.73. The highest BCUT2D eigenvalue weighted by Crippen LogP contribution is 2.19. The first-order chi connectivity index (χ1) is 14.3. The van der Waals surface area contributed by atoms with Crippen LogP contribution < -0.4 is 4.74 Å². The molecule has 0 aromatic heterocycles. The molecule has 6 nitrogen and oxygen atoms in total. The minimum Gasteiger partial charge on any atom is -0.492 e. The summed E-state index contributed by atoms with van der Waals surface area (Å²) >= 11 is 0. The molecule has 0 N–H and O–H groups in total. The average molecular weight is 408 g/mol. The Morgan fingerprint density at radius 2 is 1.80 bits per heavy atom. The number of hydrogen-bond acceptors (Lipinski definition) is 5. The normalized spacial score (nSPS) is 17.3. The Morgan fingerprint density at radius 3 is 2.43 bits per heavy atom. The van der Waals surface area contributed by atoms with Crippen molar-refractivity contribution in [3.63, 3.8) is 0 Å². The zero-order valence-electron chi connectivity index (χ0n) is 17.9. The number of amides is 1. The molecule has 1 aliphatic heterocycles. The van der Waals surface area contributed by atoms with Gasteiger partial charge in [0, 0.05) is 26.2 Å². The van der Waals surface area contributed by atoms with Crippen LogP contribution in [0, 0.1) is 11.3 Å². The summed E-state index contributed by atoms with van der Waals surface area (Å²) in [7, 11) is 0. The molecule has 1 saturated heterocycles. The smallest absolute Gasteiger partial charge is 0.410 e. The molecule has 0 saturated carbocycles. The van der Waals surface area contributed by atoms with E-state index in [4.69, 9.17) is 14.7 Å².